The summed E-state index contributed by atoms with van der Waals surface area (Å²) in [5.41, 5.74) is 2.52. The summed E-state index contributed by atoms with van der Waals surface area (Å²) in [6.45, 7) is 1.92. The second kappa shape index (κ2) is 6.08. The fraction of sp³-hybridized carbons (Fsp3) is 0.143. The average Bonchev–Trinajstić information content (AvgIpc) is 3.20. The molecule has 0 unspecified atom stereocenters. The second-order valence-electron chi connectivity index (χ2n) is 4.74. The molecular formula is C14H15N7O. The first kappa shape index (κ1) is 13.8. The third kappa shape index (κ3) is 3.11. The van der Waals surface area contributed by atoms with Crippen molar-refractivity contribution in [3.8, 4) is 5.69 Å². The van der Waals surface area contributed by atoms with Gasteiger partial charge in [-0.1, -0.05) is 12.1 Å². The predicted molar refractivity (Wildman–Crippen MR) is 80.5 cm³/mol. The Morgan fingerprint density at radius 3 is 2.77 bits per heavy atom. The van der Waals surface area contributed by atoms with Crippen molar-refractivity contribution in [3.63, 3.8) is 0 Å². The summed E-state index contributed by atoms with van der Waals surface area (Å²) in [5, 5.41) is 16.0. The Balaban J connectivity index is 1.62. The highest BCUT2D eigenvalue weighted by atomic mass is 16.2. The molecule has 0 fully saturated rings. The van der Waals surface area contributed by atoms with E-state index >= 15 is 0 Å². The van der Waals surface area contributed by atoms with Gasteiger partial charge in [-0.3, -0.25) is 5.10 Å². The van der Waals surface area contributed by atoms with Gasteiger partial charge < -0.3 is 10.6 Å². The van der Waals surface area contributed by atoms with Crippen molar-refractivity contribution < 1.29 is 4.79 Å². The van der Waals surface area contributed by atoms with E-state index in [1.807, 2.05) is 31.2 Å². The molecule has 0 saturated heterocycles. The summed E-state index contributed by atoms with van der Waals surface area (Å²) in [6.07, 6.45) is 6.27. The van der Waals surface area contributed by atoms with Crippen LogP contribution in [-0.2, 0) is 0 Å². The number of carbonyl (C=O) groups excluding carboxylic acids is 1. The summed E-state index contributed by atoms with van der Waals surface area (Å²) in [6, 6.07) is 7.33. The van der Waals surface area contributed by atoms with Gasteiger partial charge in [0, 0.05) is 6.20 Å². The highest BCUT2D eigenvalue weighted by Gasteiger charge is 2.10. The van der Waals surface area contributed by atoms with Crippen molar-refractivity contribution in [2.45, 2.75) is 13.0 Å². The number of anilines is 1. The Morgan fingerprint density at radius 1 is 1.32 bits per heavy atom. The Kier molecular flexibility index (Phi) is 3.82. The van der Waals surface area contributed by atoms with Gasteiger partial charge in [-0.15, -0.1) is 0 Å². The maximum Gasteiger partial charge on any atom is 0.319 e. The normalized spacial score (nSPS) is 11.9. The van der Waals surface area contributed by atoms with Crippen LogP contribution in [0.1, 0.15) is 18.5 Å². The van der Waals surface area contributed by atoms with Crippen molar-refractivity contribution in [2.24, 2.45) is 0 Å². The Morgan fingerprint density at radius 2 is 2.14 bits per heavy atom. The SMILES string of the molecule is C[C@H](NC(=O)Nc1cn[nH]c1)c1ccc(-n2cncn2)cc1. The first-order valence-corrected chi connectivity index (χ1v) is 6.73. The van der Waals surface area contributed by atoms with Gasteiger partial charge in [0.25, 0.3) is 0 Å². The van der Waals surface area contributed by atoms with Crippen molar-refractivity contribution in [3.05, 3.63) is 54.9 Å². The molecule has 0 aliphatic rings. The molecule has 22 heavy (non-hydrogen) atoms. The molecule has 0 bridgehead atoms. The van der Waals surface area contributed by atoms with E-state index in [-0.39, 0.29) is 12.1 Å². The third-order valence-electron chi connectivity index (χ3n) is 3.18. The van der Waals surface area contributed by atoms with Gasteiger partial charge in [0.1, 0.15) is 12.7 Å². The highest BCUT2D eigenvalue weighted by molar-refractivity contribution is 5.89. The third-order valence-corrected chi connectivity index (χ3v) is 3.18. The summed E-state index contributed by atoms with van der Waals surface area (Å²) in [5.74, 6) is 0. The van der Waals surface area contributed by atoms with Crippen LogP contribution in [0.25, 0.3) is 5.69 Å². The number of nitrogens with zero attached hydrogens (tertiary/aromatic N) is 4. The smallest absolute Gasteiger partial charge is 0.319 e. The summed E-state index contributed by atoms with van der Waals surface area (Å²) >= 11 is 0. The number of hydrogen-bond acceptors (Lipinski definition) is 4. The maximum absolute atomic E-state index is 11.9. The van der Waals surface area contributed by atoms with Crippen LogP contribution >= 0.6 is 0 Å². The number of urea groups is 1. The fourth-order valence-electron chi connectivity index (χ4n) is 2.02. The summed E-state index contributed by atoms with van der Waals surface area (Å²) in [4.78, 5) is 15.8. The van der Waals surface area contributed by atoms with Crippen LogP contribution in [0.4, 0.5) is 10.5 Å². The van der Waals surface area contributed by atoms with Gasteiger partial charge in [-0.05, 0) is 24.6 Å². The van der Waals surface area contributed by atoms with Crippen molar-refractivity contribution in [1.29, 1.82) is 0 Å². The lowest BCUT2D eigenvalue weighted by atomic mass is 10.1. The lowest BCUT2D eigenvalue weighted by Gasteiger charge is -2.15. The molecule has 2 heterocycles. The number of H-pyrrole nitrogens is 1. The van der Waals surface area contributed by atoms with Crippen LogP contribution in [0.3, 0.4) is 0 Å². The van der Waals surface area contributed by atoms with Gasteiger partial charge in [0.2, 0.25) is 0 Å². The topological polar surface area (TPSA) is 101 Å². The molecule has 0 spiro atoms. The first-order chi connectivity index (χ1) is 10.7. The zero-order valence-electron chi connectivity index (χ0n) is 11.9. The number of nitrogens with one attached hydrogen (secondary N) is 3. The maximum atomic E-state index is 11.9. The lowest BCUT2D eigenvalue weighted by molar-refractivity contribution is 0.249. The van der Waals surface area contributed by atoms with Crippen LogP contribution in [0.5, 0.6) is 0 Å². The number of carbonyl (C=O) groups is 1. The van der Waals surface area contributed by atoms with Crippen LogP contribution in [0.2, 0.25) is 0 Å². The summed E-state index contributed by atoms with van der Waals surface area (Å²) in [7, 11) is 0. The molecule has 8 heteroatoms. The molecule has 3 aromatic rings. The van der Waals surface area contributed by atoms with Gasteiger partial charge in [0.15, 0.2) is 0 Å². The fourth-order valence-corrected chi connectivity index (χ4v) is 2.02. The van der Waals surface area contributed by atoms with E-state index in [0.717, 1.165) is 11.3 Å². The molecule has 3 N–H and O–H groups in total. The number of hydrogen-bond donors (Lipinski definition) is 3. The molecular weight excluding hydrogens is 282 g/mol. The average molecular weight is 297 g/mol. The van der Waals surface area contributed by atoms with Crippen LogP contribution < -0.4 is 10.6 Å². The standard InChI is InChI=1S/C14H15N7O/c1-10(19-14(22)20-12-6-16-17-7-12)11-2-4-13(5-3-11)21-9-15-8-18-21/h2-10H,1H3,(H,16,17)(H2,19,20,22)/t10-/m0/s1. The van der Waals surface area contributed by atoms with E-state index < -0.39 is 0 Å². The molecule has 1 aromatic carbocycles. The van der Waals surface area contributed by atoms with Crippen molar-refractivity contribution in [2.75, 3.05) is 5.32 Å². The van der Waals surface area contributed by atoms with Gasteiger partial charge in [-0.25, -0.2) is 14.5 Å². The van der Waals surface area contributed by atoms with Crippen LogP contribution in [0.15, 0.2) is 49.3 Å². The molecule has 8 nitrogen and oxygen atoms in total. The van der Waals surface area contributed by atoms with E-state index in [2.05, 4.69) is 30.9 Å². The molecule has 2 amide bonds. The number of amides is 2. The largest absolute Gasteiger partial charge is 0.331 e. The predicted octanol–water partition coefficient (Wildman–Crippen LogP) is 1.87. The Bertz CT molecular complexity index is 719. The Labute approximate surface area is 126 Å². The Hall–Kier alpha value is -3.16. The second-order valence-corrected chi connectivity index (χ2v) is 4.74. The lowest BCUT2D eigenvalue weighted by Crippen LogP contribution is -2.31. The number of benzene rings is 1. The minimum Gasteiger partial charge on any atom is -0.331 e. The van der Waals surface area contributed by atoms with Crippen LogP contribution in [-0.4, -0.2) is 31.0 Å². The van der Waals surface area contributed by atoms with Crippen LogP contribution in [0, 0.1) is 0 Å². The first-order valence-electron chi connectivity index (χ1n) is 6.73. The summed E-state index contributed by atoms with van der Waals surface area (Å²) < 4.78 is 1.67. The molecule has 0 aliphatic carbocycles. The zero-order chi connectivity index (χ0) is 15.4. The molecule has 0 aliphatic heterocycles. The molecule has 112 valence electrons. The number of aromatic amines is 1. The quantitative estimate of drug-likeness (QED) is 0.684. The molecule has 2 aromatic heterocycles. The van der Waals surface area contributed by atoms with Gasteiger partial charge in [0.05, 0.1) is 23.6 Å². The molecule has 1 atom stereocenters. The van der Waals surface area contributed by atoms with E-state index in [0.29, 0.717) is 5.69 Å². The number of aromatic nitrogens is 5. The van der Waals surface area contributed by atoms with Gasteiger partial charge >= 0.3 is 6.03 Å². The van der Waals surface area contributed by atoms with E-state index in [1.54, 1.807) is 17.2 Å². The monoisotopic (exact) mass is 297 g/mol. The highest BCUT2D eigenvalue weighted by Crippen LogP contribution is 2.15. The molecule has 0 radical (unpaired) electrons. The van der Waals surface area contributed by atoms with E-state index in [9.17, 15) is 4.79 Å². The van der Waals surface area contributed by atoms with Crippen molar-refractivity contribution in [1.82, 2.24) is 30.3 Å². The van der Waals surface area contributed by atoms with E-state index in [1.165, 1.54) is 12.5 Å². The minimum atomic E-state index is -0.283. The minimum absolute atomic E-state index is 0.128. The molecule has 0 saturated carbocycles. The van der Waals surface area contributed by atoms with E-state index in [4.69, 9.17) is 0 Å². The van der Waals surface area contributed by atoms with Crippen molar-refractivity contribution >= 4 is 11.7 Å². The zero-order valence-corrected chi connectivity index (χ0v) is 11.9. The number of rotatable bonds is 4. The molecule has 3 rings (SSSR count). The van der Waals surface area contributed by atoms with Gasteiger partial charge in [-0.2, -0.15) is 10.2 Å².